The lowest BCUT2D eigenvalue weighted by atomic mass is 9.48. The number of carbonyl (C=O) groups excluding carboxylic acids is 1. The van der Waals surface area contributed by atoms with Crippen molar-refractivity contribution in [3.8, 4) is 0 Å². The number of carbonyl (C=O) groups is 1. The molecule has 20 heavy (non-hydrogen) atoms. The maximum atomic E-state index is 12.0. The van der Waals surface area contributed by atoms with Crippen LogP contribution in [0.1, 0.15) is 52.9 Å². The van der Waals surface area contributed by atoms with Gasteiger partial charge in [0.05, 0.1) is 0 Å². The van der Waals surface area contributed by atoms with Crippen molar-refractivity contribution in [1.82, 2.24) is 5.32 Å². The van der Waals surface area contributed by atoms with Crippen LogP contribution in [0, 0.1) is 23.2 Å². The van der Waals surface area contributed by atoms with Gasteiger partial charge in [0.25, 0.3) is 0 Å². The summed E-state index contributed by atoms with van der Waals surface area (Å²) in [5.41, 5.74) is -0.287. The lowest BCUT2D eigenvalue weighted by molar-refractivity contribution is -0.0990. The molecule has 2 unspecified atom stereocenters. The fourth-order valence-corrected chi connectivity index (χ4v) is 5.07. The summed E-state index contributed by atoms with van der Waals surface area (Å²) in [6, 6.07) is 0.251. The molecule has 4 aliphatic carbocycles. The average Bonchev–Trinajstić information content (AvgIpc) is 2.31. The van der Waals surface area contributed by atoms with Gasteiger partial charge in [0.1, 0.15) is 5.60 Å². The van der Waals surface area contributed by atoms with E-state index in [2.05, 4.69) is 5.32 Å². The van der Waals surface area contributed by atoms with Crippen LogP contribution < -0.4 is 5.32 Å². The molecule has 4 fully saturated rings. The number of hydrogen-bond donors (Lipinski definition) is 2. The molecule has 0 radical (unpaired) electrons. The average molecular weight is 281 g/mol. The maximum absolute atomic E-state index is 12.0. The summed E-state index contributed by atoms with van der Waals surface area (Å²) < 4.78 is 5.40. The lowest BCUT2D eigenvalue weighted by Crippen LogP contribution is -2.60. The third kappa shape index (κ3) is 2.54. The van der Waals surface area contributed by atoms with Crippen molar-refractivity contribution in [2.24, 2.45) is 23.2 Å². The van der Waals surface area contributed by atoms with Gasteiger partial charge < -0.3 is 15.2 Å². The highest BCUT2D eigenvalue weighted by atomic mass is 16.6. The van der Waals surface area contributed by atoms with Gasteiger partial charge in [-0.25, -0.2) is 4.79 Å². The van der Waals surface area contributed by atoms with E-state index in [0.29, 0.717) is 18.4 Å². The molecular weight excluding hydrogens is 254 g/mol. The Bertz CT molecular complexity index is 385. The summed E-state index contributed by atoms with van der Waals surface area (Å²) in [4.78, 5) is 12.0. The molecule has 0 aromatic rings. The van der Waals surface area contributed by atoms with Crippen molar-refractivity contribution in [3.63, 3.8) is 0 Å². The molecule has 0 spiro atoms. The summed E-state index contributed by atoms with van der Waals surface area (Å²) in [6.45, 7) is 5.99. The molecule has 4 nitrogen and oxygen atoms in total. The van der Waals surface area contributed by atoms with Crippen LogP contribution in [0.5, 0.6) is 0 Å². The Morgan fingerprint density at radius 2 is 1.85 bits per heavy atom. The van der Waals surface area contributed by atoms with E-state index in [1.807, 2.05) is 20.8 Å². The van der Waals surface area contributed by atoms with Crippen molar-refractivity contribution in [2.75, 3.05) is 6.61 Å². The molecule has 4 bridgehead atoms. The van der Waals surface area contributed by atoms with Gasteiger partial charge in [-0.2, -0.15) is 0 Å². The van der Waals surface area contributed by atoms with E-state index >= 15 is 0 Å². The fraction of sp³-hybridized carbons (Fsp3) is 0.938. The van der Waals surface area contributed by atoms with Crippen molar-refractivity contribution >= 4 is 6.09 Å². The smallest absolute Gasteiger partial charge is 0.407 e. The summed E-state index contributed by atoms with van der Waals surface area (Å²) in [5.74, 6) is 1.82. The molecule has 4 aliphatic rings. The van der Waals surface area contributed by atoms with Crippen LogP contribution >= 0.6 is 0 Å². The van der Waals surface area contributed by atoms with Gasteiger partial charge in [-0.05, 0) is 76.0 Å². The second kappa shape index (κ2) is 4.62. The second-order valence-corrected chi connectivity index (χ2v) is 8.30. The van der Waals surface area contributed by atoms with Crippen LogP contribution in [0.25, 0.3) is 0 Å². The third-order valence-electron chi connectivity index (χ3n) is 5.42. The molecule has 4 rings (SSSR count). The number of hydrogen-bond acceptors (Lipinski definition) is 3. The van der Waals surface area contributed by atoms with Gasteiger partial charge in [-0.15, -0.1) is 0 Å². The van der Waals surface area contributed by atoms with Gasteiger partial charge in [-0.1, -0.05) is 0 Å². The first-order valence-electron chi connectivity index (χ1n) is 7.91. The van der Waals surface area contributed by atoms with Gasteiger partial charge in [0, 0.05) is 12.6 Å². The molecule has 0 aliphatic heterocycles. The van der Waals surface area contributed by atoms with Crippen LogP contribution in [0.3, 0.4) is 0 Å². The van der Waals surface area contributed by atoms with Crippen LogP contribution in [0.2, 0.25) is 0 Å². The van der Waals surface area contributed by atoms with Gasteiger partial charge in [0.15, 0.2) is 0 Å². The highest BCUT2D eigenvalue weighted by molar-refractivity contribution is 5.68. The molecule has 4 heteroatoms. The molecule has 1 amide bonds. The zero-order chi connectivity index (χ0) is 14.5. The quantitative estimate of drug-likeness (QED) is 0.818. The zero-order valence-corrected chi connectivity index (χ0v) is 12.8. The van der Waals surface area contributed by atoms with E-state index in [1.165, 1.54) is 19.3 Å². The number of aliphatic hydroxyl groups excluding tert-OH is 1. The maximum Gasteiger partial charge on any atom is 0.407 e. The fourth-order valence-electron chi connectivity index (χ4n) is 5.07. The minimum absolute atomic E-state index is 0.155. The minimum Gasteiger partial charge on any atom is -0.444 e. The zero-order valence-electron chi connectivity index (χ0n) is 12.8. The molecular formula is C16H27NO3. The first kappa shape index (κ1) is 14.2. The normalized spacial score (nSPS) is 42.6. The molecule has 0 aromatic carbocycles. The SMILES string of the molecule is CC(C)(C)OC(=O)NC1C2CC3CC1CC(CO)(C3)C2. The predicted molar refractivity (Wildman–Crippen MR) is 76.2 cm³/mol. The van der Waals surface area contributed by atoms with E-state index in [1.54, 1.807) is 0 Å². The minimum atomic E-state index is -0.442. The van der Waals surface area contributed by atoms with Gasteiger partial charge in [-0.3, -0.25) is 0 Å². The van der Waals surface area contributed by atoms with Crippen molar-refractivity contribution in [1.29, 1.82) is 0 Å². The van der Waals surface area contributed by atoms with E-state index < -0.39 is 5.60 Å². The number of ether oxygens (including phenoxy) is 1. The number of rotatable bonds is 2. The summed E-state index contributed by atoms with van der Waals surface area (Å²) in [6.07, 6.45) is 5.45. The number of amides is 1. The highest BCUT2D eigenvalue weighted by Crippen LogP contribution is 2.59. The Balaban J connectivity index is 1.67. The molecule has 0 heterocycles. The Labute approximate surface area is 121 Å². The molecule has 0 aromatic heterocycles. The molecule has 2 atom stereocenters. The Morgan fingerprint density at radius 3 is 2.35 bits per heavy atom. The summed E-state index contributed by atoms with van der Waals surface area (Å²) in [7, 11) is 0. The number of nitrogens with one attached hydrogen (secondary N) is 1. The lowest BCUT2D eigenvalue weighted by Gasteiger charge is -2.59. The van der Waals surface area contributed by atoms with E-state index in [4.69, 9.17) is 4.74 Å². The van der Waals surface area contributed by atoms with E-state index in [-0.39, 0.29) is 17.6 Å². The summed E-state index contributed by atoms with van der Waals surface area (Å²) >= 11 is 0. The number of aliphatic hydroxyl groups is 1. The van der Waals surface area contributed by atoms with E-state index in [9.17, 15) is 9.90 Å². The van der Waals surface area contributed by atoms with Crippen LogP contribution in [-0.2, 0) is 4.74 Å². The monoisotopic (exact) mass is 281 g/mol. The van der Waals surface area contributed by atoms with Crippen LogP contribution in [-0.4, -0.2) is 29.4 Å². The van der Waals surface area contributed by atoms with Gasteiger partial charge >= 0.3 is 6.09 Å². The predicted octanol–water partition coefficient (Wildman–Crippen LogP) is 2.70. The first-order chi connectivity index (χ1) is 9.30. The van der Waals surface area contributed by atoms with Crippen molar-refractivity contribution in [2.45, 2.75) is 64.5 Å². The van der Waals surface area contributed by atoms with Gasteiger partial charge in [0.2, 0.25) is 0 Å². The standard InChI is InChI=1S/C16H27NO3/c1-15(2,3)20-14(19)17-13-11-4-10-5-12(13)8-16(6-10,7-11)9-18/h10-13,18H,4-9H2,1-3H3,(H,17,19). The van der Waals surface area contributed by atoms with E-state index in [0.717, 1.165) is 18.8 Å². The Hall–Kier alpha value is -0.770. The van der Waals surface area contributed by atoms with Crippen LogP contribution in [0.15, 0.2) is 0 Å². The largest absolute Gasteiger partial charge is 0.444 e. The van der Waals surface area contributed by atoms with Crippen molar-refractivity contribution in [3.05, 3.63) is 0 Å². The molecule has 0 saturated heterocycles. The third-order valence-corrected chi connectivity index (χ3v) is 5.42. The Morgan fingerprint density at radius 1 is 1.25 bits per heavy atom. The Kier molecular flexibility index (Phi) is 3.27. The second-order valence-electron chi connectivity index (χ2n) is 8.30. The highest BCUT2D eigenvalue weighted by Gasteiger charge is 2.55. The van der Waals surface area contributed by atoms with Crippen molar-refractivity contribution < 1.29 is 14.6 Å². The topological polar surface area (TPSA) is 58.6 Å². The first-order valence-corrected chi connectivity index (χ1v) is 7.91. The molecule has 4 saturated carbocycles. The molecule has 114 valence electrons. The number of alkyl carbamates (subject to hydrolysis) is 1. The summed E-state index contributed by atoms with van der Waals surface area (Å²) in [5, 5.41) is 12.9. The molecule has 2 N–H and O–H groups in total. The van der Waals surface area contributed by atoms with Crippen LogP contribution in [0.4, 0.5) is 4.79 Å².